The van der Waals surface area contributed by atoms with Gasteiger partial charge in [0.2, 0.25) is 5.78 Å². The van der Waals surface area contributed by atoms with Gasteiger partial charge in [0.1, 0.15) is 0 Å². The van der Waals surface area contributed by atoms with Crippen molar-refractivity contribution in [3.63, 3.8) is 0 Å². The summed E-state index contributed by atoms with van der Waals surface area (Å²) in [6.07, 6.45) is 2.80. The van der Waals surface area contributed by atoms with Gasteiger partial charge in [0.25, 0.3) is 5.56 Å². The Labute approximate surface area is 176 Å². The average Bonchev–Trinajstić information content (AvgIpc) is 3.19. The van der Waals surface area contributed by atoms with E-state index in [0.29, 0.717) is 32.6 Å². The van der Waals surface area contributed by atoms with Gasteiger partial charge in [-0.2, -0.15) is 4.98 Å². The van der Waals surface area contributed by atoms with Crippen LogP contribution in [0.25, 0.3) is 16.9 Å². The Morgan fingerprint density at radius 1 is 1.17 bits per heavy atom. The van der Waals surface area contributed by atoms with Gasteiger partial charge in [-0.05, 0) is 32.4 Å². The summed E-state index contributed by atoms with van der Waals surface area (Å²) < 4.78 is 6.40. The minimum absolute atomic E-state index is 0.0156. The number of imidazole rings is 2. The van der Waals surface area contributed by atoms with Crippen LogP contribution in [-0.4, -0.2) is 23.1 Å². The van der Waals surface area contributed by atoms with E-state index in [9.17, 15) is 9.59 Å². The van der Waals surface area contributed by atoms with E-state index in [-0.39, 0.29) is 12.6 Å². The third-order valence-electron chi connectivity index (χ3n) is 5.48. The molecule has 152 valence electrons. The Hall–Kier alpha value is -2.51. The molecule has 3 aromatic heterocycles. The van der Waals surface area contributed by atoms with Crippen LogP contribution in [0.15, 0.2) is 34.0 Å². The number of fused-ring (bicyclic) bond motifs is 3. The molecule has 0 bridgehead atoms. The van der Waals surface area contributed by atoms with Gasteiger partial charge < -0.3 is 4.57 Å². The lowest BCUT2D eigenvalue weighted by molar-refractivity contribution is 0.532. The highest BCUT2D eigenvalue weighted by atomic mass is 35.5. The van der Waals surface area contributed by atoms with E-state index in [1.807, 2.05) is 13.1 Å². The first-order valence-electron chi connectivity index (χ1n) is 9.38. The van der Waals surface area contributed by atoms with Crippen LogP contribution in [0.2, 0.25) is 10.0 Å². The van der Waals surface area contributed by atoms with Crippen molar-refractivity contribution in [3.8, 4) is 0 Å². The van der Waals surface area contributed by atoms with E-state index in [1.54, 1.807) is 29.6 Å². The highest BCUT2D eigenvalue weighted by Gasteiger charge is 2.22. The van der Waals surface area contributed by atoms with Crippen molar-refractivity contribution in [2.45, 2.75) is 39.8 Å². The second kappa shape index (κ2) is 7.07. The molecular formula is C20H21Cl2N5O2. The summed E-state index contributed by atoms with van der Waals surface area (Å²) in [4.78, 5) is 30.9. The highest BCUT2D eigenvalue weighted by Crippen LogP contribution is 2.25. The second-order valence-electron chi connectivity index (χ2n) is 7.28. The van der Waals surface area contributed by atoms with E-state index >= 15 is 0 Å². The van der Waals surface area contributed by atoms with E-state index in [0.717, 1.165) is 16.7 Å². The molecule has 7 nitrogen and oxygen atoms in total. The fraction of sp³-hybridized carbons (Fsp3) is 0.350. The third kappa shape index (κ3) is 2.91. The van der Waals surface area contributed by atoms with Gasteiger partial charge in [-0.1, -0.05) is 36.2 Å². The normalized spacial score (nSPS) is 12.9. The van der Waals surface area contributed by atoms with Gasteiger partial charge >= 0.3 is 5.69 Å². The molecule has 4 aromatic rings. The molecule has 0 saturated carbocycles. The number of aromatic nitrogens is 5. The van der Waals surface area contributed by atoms with Crippen molar-refractivity contribution in [3.05, 3.63) is 66.5 Å². The molecule has 0 aliphatic heterocycles. The van der Waals surface area contributed by atoms with Gasteiger partial charge in [-0.3, -0.25) is 18.3 Å². The summed E-state index contributed by atoms with van der Waals surface area (Å²) in [6.45, 7) is 6.16. The Kier molecular flexibility index (Phi) is 4.83. The van der Waals surface area contributed by atoms with E-state index < -0.39 is 11.2 Å². The molecular weight excluding hydrogens is 413 g/mol. The number of halogens is 2. The van der Waals surface area contributed by atoms with Crippen LogP contribution < -0.4 is 11.2 Å². The lowest BCUT2D eigenvalue weighted by Gasteiger charge is -2.12. The summed E-state index contributed by atoms with van der Waals surface area (Å²) in [7, 11) is 1.61. The molecule has 0 N–H and O–H groups in total. The molecule has 3 heterocycles. The predicted octanol–water partition coefficient (Wildman–Crippen LogP) is 3.78. The summed E-state index contributed by atoms with van der Waals surface area (Å²) in [6, 6.07) is 5.30. The number of nitrogens with zero attached hydrogens (tertiary/aromatic N) is 5. The summed E-state index contributed by atoms with van der Waals surface area (Å²) in [5.74, 6) is 0.646. The van der Waals surface area contributed by atoms with Crippen molar-refractivity contribution >= 4 is 40.1 Å². The van der Waals surface area contributed by atoms with E-state index in [2.05, 4.69) is 23.4 Å². The smallest absolute Gasteiger partial charge is 0.311 e. The molecule has 1 aromatic carbocycles. The minimum Gasteiger partial charge on any atom is -0.311 e. The lowest BCUT2D eigenvalue weighted by atomic mass is 10.2. The number of rotatable bonds is 4. The van der Waals surface area contributed by atoms with Gasteiger partial charge in [-0.25, -0.2) is 4.79 Å². The molecule has 1 atom stereocenters. The van der Waals surface area contributed by atoms with Crippen LogP contribution >= 0.6 is 23.2 Å². The van der Waals surface area contributed by atoms with Crippen LogP contribution in [0.3, 0.4) is 0 Å². The van der Waals surface area contributed by atoms with Crippen molar-refractivity contribution in [2.75, 3.05) is 0 Å². The number of aryl methyl sites for hydroxylation is 2. The summed E-state index contributed by atoms with van der Waals surface area (Å²) >= 11 is 12.5. The topological polar surface area (TPSA) is 66.2 Å². The zero-order valence-electron chi connectivity index (χ0n) is 16.6. The molecule has 9 heteroatoms. The summed E-state index contributed by atoms with van der Waals surface area (Å²) in [5.41, 5.74) is 1.35. The zero-order chi connectivity index (χ0) is 21.0. The first-order chi connectivity index (χ1) is 13.8. The summed E-state index contributed by atoms with van der Waals surface area (Å²) in [5, 5.41) is 0.812. The van der Waals surface area contributed by atoms with Crippen LogP contribution in [0.1, 0.15) is 37.6 Å². The molecule has 4 rings (SSSR count). The monoisotopic (exact) mass is 433 g/mol. The fourth-order valence-corrected chi connectivity index (χ4v) is 4.25. The van der Waals surface area contributed by atoms with Gasteiger partial charge in [0.05, 0.1) is 6.54 Å². The maximum absolute atomic E-state index is 13.4. The van der Waals surface area contributed by atoms with Crippen LogP contribution in [0.4, 0.5) is 0 Å². The largest absolute Gasteiger partial charge is 0.332 e. The highest BCUT2D eigenvalue weighted by molar-refractivity contribution is 6.35. The molecule has 0 radical (unpaired) electrons. The zero-order valence-corrected chi connectivity index (χ0v) is 18.1. The van der Waals surface area contributed by atoms with Gasteiger partial charge in [0.15, 0.2) is 11.2 Å². The SMILES string of the molecule is CC[C@H](C)n1c(C)cn2c3c(=O)n(Cc4c(Cl)cccc4Cl)c(=O)n(C)c3nc12. The molecule has 0 unspecified atom stereocenters. The molecule has 0 fully saturated rings. The molecule has 29 heavy (non-hydrogen) atoms. The van der Waals surface area contributed by atoms with E-state index in [1.165, 1.54) is 4.57 Å². The predicted molar refractivity (Wildman–Crippen MR) is 115 cm³/mol. The maximum atomic E-state index is 13.4. The molecule has 0 saturated heterocycles. The first-order valence-corrected chi connectivity index (χ1v) is 10.1. The molecule has 0 amide bonds. The Morgan fingerprint density at radius 2 is 1.83 bits per heavy atom. The average molecular weight is 434 g/mol. The molecule has 0 aliphatic rings. The van der Waals surface area contributed by atoms with E-state index in [4.69, 9.17) is 23.2 Å². The fourth-order valence-electron chi connectivity index (χ4n) is 3.74. The Morgan fingerprint density at radius 3 is 2.45 bits per heavy atom. The number of hydrogen-bond acceptors (Lipinski definition) is 3. The molecule has 0 aliphatic carbocycles. The van der Waals surface area contributed by atoms with Gasteiger partial charge in [0, 0.05) is 40.6 Å². The van der Waals surface area contributed by atoms with Crippen LogP contribution in [0, 0.1) is 6.92 Å². The van der Waals surface area contributed by atoms with Gasteiger partial charge in [-0.15, -0.1) is 0 Å². The van der Waals surface area contributed by atoms with Crippen molar-refractivity contribution in [1.29, 1.82) is 0 Å². The number of benzene rings is 1. The minimum atomic E-state index is -0.467. The van der Waals surface area contributed by atoms with Crippen molar-refractivity contribution in [1.82, 2.24) is 23.1 Å². The Bertz CT molecular complexity index is 1360. The maximum Gasteiger partial charge on any atom is 0.332 e. The second-order valence-corrected chi connectivity index (χ2v) is 8.10. The Balaban J connectivity index is 2.04. The standard InChI is InChI=1S/C20H21Cl2N5O2/c1-5-11(2)27-12(3)9-25-16-17(23-19(25)27)24(4)20(29)26(18(16)28)10-13-14(21)7-6-8-15(13)22/h6-9,11H,5,10H2,1-4H3/t11-/m0/s1. The van der Waals surface area contributed by atoms with Crippen LogP contribution in [-0.2, 0) is 13.6 Å². The van der Waals surface area contributed by atoms with Crippen molar-refractivity contribution < 1.29 is 0 Å². The van der Waals surface area contributed by atoms with Crippen LogP contribution in [0.5, 0.6) is 0 Å². The first kappa shape index (κ1) is 19.8. The quantitative estimate of drug-likeness (QED) is 0.491. The lowest BCUT2D eigenvalue weighted by Crippen LogP contribution is -2.39. The molecule has 0 spiro atoms. The van der Waals surface area contributed by atoms with Crippen molar-refractivity contribution in [2.24, 2.45) is 7.05 Å². The number of hydrogen-bond donors (Lipinski definition) is 0. The third-order valence-corrected chi connectivity index (χ3v) is 6.19.